The second-order valence-electron chi connectivity index (χ2n) is 10.2. The summed E-state index contributed by atoms with van der Waals surface area (Å²) in [4.78, 5) is 26.7. The highest BCUT2D eigenvalue weighted by atomic mass is 19.4. The lowest BCUT2D eigenvalue weighted by Gasteiger charge is -2.30. The number of hydrogen-bond acceptors (Lipinski definition) is 8. The van der Waals surface area contributed by atoms with E-state index in [1.54, 1.807) is 24.8 Å². The Morgan fingerprint density at radius 1 is 1.19 bits per heavy atom. The Labute approximate surface area is 207 Å². The molecule has 196 valence electrons. The van der Waals surface area contributed by atoms with Crippen LogP contribution in [0.1, 0.15) is 62.8 Å². The van der Waals surface area contributed by atoms with Gasteiger partial charge in [-0.05, 0) is 51.2 Å². The third-order valence-corrected chi connectivity index (χ3v) is 6.43. The van der Waals surface area contributed by atoms with E-state index < -0.39 is 17.3 Å². The van der Waals surface area contributed by atoms with Crippen LogP contribution in [0.15, 0.2) is 18.3 Å². The molecule has 2 aliphatic rings. The zero-order valence-electron chi connectivity index (χ0n) is 20.4. The molecular formula is C24H32F3N7O2. The molecule has 2 aromatic rings. The second-order valence-corrected chi connectivity index (χ2v) is 10.2. The van der Waals surface area contributed by atoms with Gasteiger partial charge in [0, 0.05) is 43.5 Å². The van der Waals surface area contributed by atoms with Crippen LogP contribution in [-0.2, 0) is 23.9 Å². The van der Waals surface area contributed by atoms with Crippen molar-refractivity contribution in [1.29, 1.82) is 0 Å². The molecule has 0 aromatic carbocycles. The smallest absolute Gasteiger partial charge is 0.390 e. The molecule has 36 heavy (non-hydrogen) atoms. The normalized spacial score (nSPS) is 20.6. The summed E-state index contributed by atoms with van der Waals surface area (Å²) in [6, 6.07) is 3.44. The molecule has 0 saturated heterocycles. The van der Waals surface area contributed by atoms with Crippen molar-refractivity contribution >= 4 is 23.5 Å². The number of anilines is 3. The van der Waals surface area contributed by atoms with Crippen LogP contribution in [0.4, 0.5) is 30.8 Å². The van der Waals surface area contributed by atoms with Gasteiger partial charge in [0.15, 0.2) is 0 Å². The molecular weight excluding hydrogens is 475 g/mol. The van der Waals surface area contributed by atoms with E-state index in [4.69, 9.17) is 5.73 Å². The number of carbonyl (C=O) groups is 1. The first-order valence-electron chi connectivity index (χ1n) is 12.1. The summed E-state index contributed by atoms with van der Waals surface area (Å²) in [6.07, 6.45) is -0.428. The van der Waals surface area contributed by atoms with Crippen molar-refractivity contribution in [3.63, 3.8) is 0 Å². The van der Waals surface area contributed by atoms with Crippen molar-refractivity contribution in [2.75, 3.05) is 17.2 Å². The third kappa shape index (κ3) is 6.61. The van der Waals surface area contributed by atoms with Crippen molar-refractivity contribution in [2.24, 2.45) is 5.73 Å². The fourth-order valence-corrected chi connectivity index (χ4v) is 4.51. The molecule has 1 aliphatic heterocycles. The fourth-order valence-electron chi connectivity index (χ4n) is 4.51. The molecule has 9 nitrogen and oxygen atoms in total. The lowest BCUT2D eigenvalue weighted by Crippen LogP contribution is -2.39. The minimum absolute atomic E-state index is 0.00301. The molecule has 12 heteroatoms. The number of aliphatic hydroxyl groups is 1. The SMILES string of the molecule is CC(C)(O)CC(=O)N1CCc2nc(Nc3ncc(C(F)(F)F)c(NC4CCC(N)CC4)n3)ccc2C1. The van der Waals surface area contributed by atoms with E-state index in [2.05, 4.69) is 25.6 Å². The van der Waals surface area contributed by atoms with Crippen molar-refractivity contribution < 1.29 is 23.1 Å². The Balaban J connectivity index is 1.48. The number of rotatable bonds is 6. The van der Waals surface area contributed by atoms with Crippen molar-refractivity contribution in [1.82, 2.24) is 19.9 Å². The van der Waals surface area contributed by atoms with E-state index in [1.165, 1.54) is 0 Å². The van der Waals surface area contributed by atoms with Crippen LogP contribution in [-0.4, -0.2) is 55.1 Å². The van der Waals surface area contributed by atoms with Gasteiger partial charge in [0.05, 0.1) is 12.0 Å². The van der Waals surface area contributed by atoms with Crippen molar-refractivity contribution in [2.45, 2.75) is 82.8 Å². The minimum atomic E-state index is -4.59. The Morgan fingerprint density at radius 2 is 1.92 bits per heavy atom. The highest BCUT2D eigenvalue weighted by Gasteiger charge is 2.36. The molecule has 2 aromatic heterocycles. The predicted octanol–water partition coefficient (Wildman–Crippen LogP) is 3.36. The number of nitrogens with zero attached hydrogens (tertiary/aromatic N) is 4. The van der Waals surface area contributed by atoms with Gasteiger partial charge in [-0.15, -0.1) is 0 Å². The van der Waals surface area contributed by atoms with Gasteiger partial charge >= 0.3 is 6.18 Å². The third-order valence-electron chi connectivity index (χ3n) is 6.43. The highest BCUT2D eigenvalue weighted by molar-refractivity contribution is 5.77. The number of alkyl halides is 3. The summed E-state index contributed by atoms with van der Waals surface area (Å²) in [5.41, 5.74) is 5.58. The van der Waals surface area contributed by atoms with Crippen LogP contribution in [0.3, 0.4) is 0 Å². The maximum atomic E-state index is 13.6. The number of halogens is 3. The van der Waals surface area contributed by atoms with Crippen LogP contribution in [0.2, 0.25) is 0 Å². The van der Waals surface area contributed by atoms with Gasteiger partial charge < -0.3 is 26.4 Å². The zero-order valence-corrected chi connectivity index (χ0v) is 20.4. The van der Waals surface area contributed by atoms with Crippen LogP contribution >= 0.6 is 0 Å². The molecule has 0 radical (unpaired) electrons. The molecule has 0 spiro atoms. The Hall–Kier alpha value is -2.99. The molecule has 1 aliphatic carbocycles. The summed E-state index contributed by atoms with van der Waals surface area (Å²) in [5.74, 6) is 0.00972. The number of aromatic nitrogens is 3. The summed E-state index contributed by atoms with van der Waals surface area (Å²) < 4.78 is 40.7. The number of carbonyl (C=O) groups excluding carboxylic acids is 1. The summed E-state index contributed by atoms with van der Waals surface area (Å²) in [7, 11) is 0. The summed E-state index contributed by atoms with van der Waals surface area (Å²) in [6.45, 7) is 4.04. The van der Waals surface area contributed by atoms with Crippen LogP contribution in [0, 0.1) is 0 Å². The minimum Gasteiger partial charge on any atom is -0.390 e. The summed E-state index contributed by atoms with van der Waals surface area (Å²) in [5, 5.41) is 15.8. The monoisotopic (exact) mass is 507 g/mol. The maximum Gasteiger partial charge on any atom is 0.421 e. The van der Waals surface area contributed by atoms with Gasteiger partial charge in [0.2, 0.25) is 11.9 Å². The van der Waals surface area contributed by atoms with Gasteiger partial charge in [-0.2, -0.15) is 18.2 Å². The van der Waals surface area contributed by atoms with Crippen LogP contribution in [0.25, 0.3) is 0 Å². The molecule has 0 unspecified atom stereocenters. The van der Waals surface area contributed by atoms with Gasteiger partial charge in [-0.25, -0.2) is 9.97 Å². The first-order valence-corrected chi connectivity index (χ1v) is 12.1. The summed E-state index contributed by atoms with van der Waals surface area (Å²) >= 11 is 0. The van der Waals surface area contributed by atoms with E-state index in [-0.39, 0.29) is 36.2 Å². The average molecular weight is 508 g/mol. The van der Waals surface area contributed by atoms with E-state index in [0.717, 1.165) is 30.3 Å². The van der Waals surface area contributed by atoms with Gasteiger partial charge in [-0.3, -0.25) is 4.79 Å². The van der Waals surface area contributed by atoms with Crippen LogP contribution < -0.4 is 16.4 Å². The van der Waals surface area contributed by atoms with Crippen LogP contribution in [0.5, 0.6) is 0 Å². The number of amides is 1. The first kappa shape index (κ1) is 26.1. The largest absolute Gasteiger partial charge is 0.421 e. The van der Waals surface area contributed by atoms with E-state index in [1.807, 2.05) is 6.07 Å². The zero-order chi connectivity index (χ0) is 26.1. The van der Waals surface area contributed by atoms with Gasteiger partial charge in [0.25, 0.3) is 0 Å². The Morgan fingerprint density at radius 3 is 2.58 bits per heavy atom. The molecule has 0 atom stereocenters. The quantitative estimate of drug-likeness (QED) is 0.469. The lowest BCUT2D eigenvalue weighted by molar-refractivity contribution is -0.137. The lowest BCUT2D eigenvalue weighted by atomic mass is 9.92. The Kier molecular flexibility index (Phi) is 7.37. The standard InChI is InChI=1S/C24H32F3N7O2/c1-23(2,36)11-20(35)34-10-9-18-14(13-34)3-8-19(31-18)32-22-29-12-17(24(25,26)27)21(33-22)30-16-6-4-15(28)5-7-16/h3,8,12,15-16,36H,4-7,9-11,13,28H2,1-2H3,(H2,29,30,31,32,33). The molecule has 1 fully saturated rings. The average Bonchev–Trinajstić information content (AvgIpc) is 2.78. The number of nitrogens with one attached hydrogen (secondary N) is 2. The molecule has 1 amide bonds. The molecule has 4 rings (SSSR count). The number of fused-ring (bicyclic) bond motifs is 1. The predicted molar refractivity (Wildman–Crippen MR) is 128 cm³/mol. The fraction of sp³-hybridized carbons (Fsp3) is 0.583. The van der Waals surface area contributed by atoms with E-state index in [9.17, 15) is 23.1 Å². The van der Waals surface area contributed by atoms with Crippen molar-refractivity contribution in [3.05, 3.63) is 35.2 Å². The number of pyridine rings is 1. The van der Waals surface area contributed by atoms with Gasteiger partial charge in [0.1, 0.15) is 17.2 Å². The number of nitrogens with two attached hydrogens (primary N) is 1. The first-order chi connectivity index (χ1) is 16.9. The highest BCUT2D eigenvalue weighted by Crippen LogP contribution is 2.35. The molecule has 1 saturated carbocycles. The molecule has 0 bridgehead atoms. The maximum absolute atomic E-state index is 13.6. The van der Waals surface area contributed by atoms with Gasteiger partial charge in [-0.1, -0.05) is 6.07 Å². The number of hydrogen-bond donors (Lipinski definition) is 4. The molecule has 5 N–H and O–H groups in total. The Bertz CT molecular complexity index is 1100. The van der Waals surface area contributed by atoms with E-state index >= 15 is 0 Å². The van der Waals surface area contributed by atoms with E-state index in [0.29, 0.717) is 38.2 Å². The second kappa shape index (κ2) is 10.2. The topological polar surface area (TPSA) is 129 Å². The van der Waals surface area contributed by atoms with Crippen molar-refractivity contribution in [3.8, 4) is 0 Å². The molecule has 3 heterocycles.